The second-order valence-corrected chi connectivity index (χ2v) is 8.22. The number of methoxy groups -OCH3 is 1. The monoisotopic (exact) mass is 519 g/mol. The number of hydrogen-bond acceptors (Lipinski definition) is 6. The van der Waals surface area contributed by atoms with Crippen LogP contribution in [0.3, 0.4) is 0 Å². The second kappa shape index (κ2) is 11.7. The van der Waals surface area contributed by atoms with Crippen LogP contribution in [0.15, 0.2) is 65.1 Å². The molecule has 0 amide bonds. The predicted molar refractivity (Wildman–Crippen MR) is 130 cm³/mol. The van der Waals surface area contributed by atoms with Crippen molar-refractivity contribution < 1.29 is 14.4 Å². The Hall–Kier alpha value is -2.81. The second-order valence-electron chi connectivity index (χ2n) is 6.93. The van der Waals surface area contributed by atoms with E-state index in [4.69, 9.17) is 21.1 Å². The average Bonchev–Trinajstić information content (AvgIpc) is 2.79. The number of non-ortho nitro benzene ring substituents is 1. The van der Waals surface area contributed by atoms with Crippen molar-refractivity contribution >= 4 is 38.9 Å². The Balaban J connectivity index is 1.49. The van der Waals surface area contributed by atoms with E-state index in [0.717, 1.165) is 21.3 Å². The van der Waals surface area contributed by atoms with Crippen LogP contribution < -0.4 is 20.1 Å². The van der Waals surface area contributed by atoms with Gasteiger partial charge in [0.1, 0.15) is 6.61 Å². The van der Waals surface area contributed by atoms with Crippen molar-refractivity contribution in [3.8, 4) is 11.5 Å². The average molecular weight is 521 g/mol. The predicted octanol–water partition coefficient (Wildman–Crippen LogP) is 5.80. The van der Waals surface area contributed by atoms with E-state index >= 15 is 0 Å². The molecule has 3 aromatic carbocycles. The number of nitro groups is 1. The van der Waals surface area contributed by atoms with Crippen molar-refractivity contribution in [2.24, 2.45) is 0 Å². The van der Waals surface area contributed by atoms with Gasteiger partial charge >= 0.3 is 0 Å². The van der Waals surface area contributed by atoms with Gasteiger partial charge < -0.3 is 20.1 Å². The molecule has 0 saturated carbocycles. The molecule has 0 saturated heterocycles. The molecule has 168 valence electrons. The molecule has 0 atom stereocenters. The van der Waals surface area contributed by atoms with Gasteiger partial charge in [-0.15, -0.1) is 0 Å². The van der Waals surface area contributed by atoms with Gasteiger partial charge in [-0.2, -0.15) is 0 Å². The summed E-state index contributed by atoms with van der Waals surface area (Å²) >= 11 is 9.51. The van der Waals surface area contributed by atoms with Crippen molar-refractivity contribution in [3.05, 3.63) is 91.4 Å². The van der Waals surface area contributed by atoms with Crippen LogP contribution in [0.4, 0.5) is 11.4 Å². The minimum atomic E-state index is -0.411. The summed E-state index contributed by atoms with van der Waals surface area (Å²) in [6.07, 6.45) is 0. The van der Waals surface area contributed by atoms with Crippen molar-refractivity contribution in [2.45, 2.75) is 13.2 Å². The molecular formula is C23H23BrClN3O4. The number of anilines is 1. The van der Waals surface area contributed by atoms with E-state index in [9.17, 15) is 10.1 Å². The Morgan fingerprint density at radius 2 is 1.75 bits per heavy atom. The molecule has 0 fully saturated rings. The van der Waals surface area contributed by atoms with E-state index in [0.29, 0.717) is 42.8 Å². The standard InChI is InChI=1S/C23H23BrClN3O4/c1-31-22-13-17(12-21(24)23(22)32-15-16-2-4-18(25)5-3-16)14-26-10-11-27-19-6-8-20(9-7-19)28(29)30/h2-9,12-13,26-27H,10-11,14-15H2,1H3. The van der Waals surface area contributed by atoms with Gasteiger partial charge in [0.15, 0.2) is 11.5 Å². The maximum absolute atomic E-state index is 10.7. The molecular weight excluding hydrogens is 498 g/mol. The summed E-state index contributed by atoms with van der Waals surface area (Å²) in [4.78, 5) is 10.3. The van der Waals surface area contributed by atoms with Gasteiger partial charge in [-0.25, -0.2) is 0 Å². The lowest BCUT2D eigenvalue weighted by molar-refractivity contribution is -0.384. The van der Waals surface area contributed by atoms with Gasteiger partial charge in [-0.05, 0) is 63.5 Å². The van der Waals surface area contributed by atoms with Crippen LogP contribution in [0.2, 0.25) is 5.02 Å². The Kier molecular flexibility index (Phi) is 8.72. The number of nitrogens with zero attached hydrogens (tertiary/aromatic N) is 1. The summed E-state index contributed by atoms with van der Waals surface area (Å²) in [5.41, 5.74) is 2.97. The number of halogens is 2. The summed E-state index contributed by atoms with van der Waals surface area (Å²) < 4.78 is 12.3. The fourth-order valence-corrected chi connectivity index (χ4v) is 3.71. The topological polar surface area (TPSA) is 85.7 Å². The molecule has 0 radical (unpaired) electrons. The zero-order valence-electron chi connectivity index (χ0n) is 17.4. The Labute approximate surface area is 200 Å². The summed E-state index contributed by atoms with van der Waals surface area (Å²) in [6.45, 7) is 2.44. The summed E-state index contributed by atoms with van der Waals surface area (Å²) in [5, 5.41) is 18.0. The molecule has 7 nitrogen and oxygen atoms in total. The third-order valence-electron chi connectivity index (χ3n) is 4.62. The highest BCUT2D eigenvalue weighted by Crippen LogP contribution is 2.37. The Bertz CT molecular complexity index is 1050. The fraction of sp³-hybridized carbons (Fsp3) is 0.217. The molecule has 0 aromatic heterocycles. The third kappa shape index (κ3) is 6.85. The van der Waals surface area contributed by atoms with Crippen LogP contribution in [-0.4, -0.2) is 25.1 Å². The number of hydrogen-bond donors (Lipinski definition) is 2. The first kappa shape index (κ1) is 23.8. The normalized spacial score (nSPS) is 10.6. The van der Waals surface area contributed by atoms with E-state index in [1.807, 2.05) is 36.4 Å². The van der Waals surface area contributed by atoms with Crippen molar-refractivity contribution in [1.82, 2.24) is 5.32 Å². The minimum Gasteiger partial charge on any atom is -0.493 e. The molecule has 0 aliphatic heterocycles. The molecule has 32 heavy (non-hydrogen) atoms. The maximum atomic E-state index is 10.7. The highest BCUT2D eigenvalue weighted by molar-refractivity contribution is 9.10. The molecule has 2 N–H and O–H groups in total. The van der Waals surface area contributed by atoms with Crippen LogP contribution in [0.1, 0.15) is 11.1 Å². The van der Waals surface area contributed by atoms with Crippen molar-refractivity contribution in [2.75, 3.05) is 25.5 Å². The Morgan fingerprint density at radius 1 is 1.03 bits per heavy atom. The summed E-state index contributed by atoms with van der Waals surface area (Å²) in [6, 6.07) is 17.8. The van der Waals surface area contributed by atoms with Gasteiger partial charge in [-0.3, -0.25) is 10.1 Å². The molecule has 0 unspecified atom stereocenters. The number of ether oxygens (including phenoxy) is 2. The molecule has 3 aromatic rings. The molecule has 3 rings (SSSR count). The van der Waals surface area contributed by atoms with E-state index in [1.54, 1.807) is 19.2 Å². The quantitative estimate of drug-likeness (QED) is 0.189. The minimum absolute atomic E-state index is 0.0776. The van der Waals surface area contributed by atoms with Gasteiger partial charge in [0.25, 0.3) is 5.69 Å². The van der Waals surface area contributed by atoms with E-state index in [-0.39, 0.29) is 5.69 Å². The zero-order valence-corrected chi connectivity index (χ0v) is 19.8. The molecule has 0 bridgehead atoms. The molecule has 0 heterocycles. The SMILES string of the molecule is COc1cc(CNCCNc2ccc([N+](=O)[O-])cc2)cc(Br)c1OCc1ccc(Cl)cc1. The number of nitro benzene ring substituents is 1. The van der Waals surface area contributed by atoms with Crippen LogP contribution >= 0.6 is 27.5 Å². The van der Waals surface area contributed by atoms with E-state index in [2.05, 4.69) is 26.6 Å². The van der Waals surface area contributed by atoms with Gasteiger partial charge in [0.05, 0.1) is 16.5 Å². The lowest BCUT2D eigenvalue weighted by atomic mass is 10.2. The maximum Gasteiger partial charge on any atom is 0.269 e. The molecule has 0 spiro atoms. The fourth-order valence-electron chi connectivity index (χ4n) is 2.98. The number of benzene rings is 3. The first-order valence-corrected chi connectivity index (χ1v) is 11.1. The van der Waals surface area contributed by atoms with E-state index in [1.165, 1.54) is 12.1 Å². The molecule has 0 aliphatic carbocycles. The highest BCUT2D eigenvalue weighted by atomic mass is 79.9. The largest absolute Gasteiger partial charge is 0.493 e. The lowest BCUT2D eigenvalue weighted by Crippen LogP contribution is -2.21. The summed E-state index contributed by atoms with van der Waals surface area (Å²) in [7, 11) is 1.61. The van der Waals surface area contributed by atoms with Crippen LogP contribution in [0.25, 0.3) is 0 Å². The van der Waals surface area contributed by atoms with Crippen LogP contribution in [0, 0.1) is 10.1 Å². The third-order valence-corrected chi connectivity index (χ3v) is 5.46. The first-order valence-electron chi connectivity index (χ1n) is 9.89. The van der Waals surface area contributed by atoms with Gasteiger partial charge in [0.2, 0.25) is 0 Å². The lowest BCUT2D eigenvalue weighted by Gasteiger charge is -2.15. The molecule has 0 aliphatic rings. The highest BCUT2D eigenvalue weighted by Gasteiger charge is 2.12. The van der Waals surface area contributed by atoms with Crippen LogP contribution in [0.5, 0.6) is 11.5 Å². The van der Waals surface area contributed by atoms with Crippen molar-refractivity contribution in [3.63, 3.8) is 0 Å². The zero-order chi connectivity index (χ0) is 22.9. The van der Waals surface area contributed by atoms with Crippen molar-refractivity contribution in [1.29, 1.82) is 0 Å². The Morgan fingerprint density at radius 3 is 2.41 bits per heavy atom. The summed E-state index contributed by atoms with van der Waals surface area (Å²) in [5.74, 6) is 1.29. The number of nitrogens with one attached hydrogen (secondary N) is 2. The smallest absolute Gasteiger partial charge is 0.269 e. The van der Waals surface area contributed by atoms with Crippen LogP contribution in [-0.2, 0) is 13.2 Å². The molecule has 9 heteroatoms. The van der Waals surface area contributed by atoms with E-state index < -0.39 is 4.92 Å². The van der Waals surface area contributed by atoms with Gasteiger partial charge in [-0.1, -0.05) is 23.7 Å². The van der Waals surface area contributed by atoms with Gasteiger partial charge in [0, 0.05) is 42.5 Å². The first-order chi connectivity index (χ1) is 15.5. The number of rotatable bonds is 11.